The van der Waals surface area contributed by atoms with E-state index in [-0.39, 0.29) is 16.6 Å². The van der Waals surface area contributed by atoms with Crippen molar-refractivity contribution in [3.63, 3.8) is 0 Å². The smallest absolute Gasteiger partial charge is 0.321 e. The Morgan fingerprint density at radius 3 is 2.50 bits per heavy atom. The second-order valence-electron chi connectivity index (χ2n) is 5.51. The topological polar surface area (TPSA) is 70.8 Å². The third-order valence-electron chi connectivity index (χ3n) is 3.65. The van der Waals surface area contributed by atoms with E-state index in [4.69, 9.17) is 6.57 Å². The molecule has 1 aromatic rings. The fraction of sp³-hybridized carbons (Fsp3) is 0.467. The van der Waals surface area contributed by atoms with Gasteiger partial charge < -0.3 is 10.2 Å². The maximum absolute atomic E-state index is 12.2. The molecule has 1 saturated heterocycles. The summed E-state index contributed by atoms with van der Waals surface area (Å²) in [5.41, 5.74) is 0.471. The van der Waals surface area contributed by atoms with E-state index >= 15 is 0 Å². The van der Waals surface area contributed by atoms with E-state index in [1.165, 1.54) is 18.2 Å². The first kappa shape index (κ1) is 16.3. The number of carbonyl (C=O) groups excluding carboxylic acids is 1. The van der Waals surface area contributed by atoms with Gasteiger partial charge >= 0.3 is 6.03 Å². The number of rotatable bonds is 3. The third kappa shape index (κ3) is 3.22. The predicted octanol–water partition coefficient (Wildman–Crippen LogP) is 3.05. The molecule has 1 N–H and O–H groups in total. The van der Waals surface area contributed by atoms with Crippen LogP contribution in [0.4, 0.5) is 16.2 Å². The van der Waals surface area contributed by atoms with Crippen molar-refractivity contribution in [2.75, 3.05) is 18.4 Å². The zero-order chi connectivity index (χ0) is 16.3. The van der Waals surface area contributed by atoms with Gasteiger partial charge in [-0.15, -0.1) is 0 Å². The Bertz CT molecular complexity index is 714. The molecule has 6 nitrogen and oxygen atoms in total. The average Bonchev–Trinajstić information content (AvgIpc) is 3.01. The third-order valence-corrected chi connectivity index (χ3v) is 5.85. The van der Waals surface area contributed by atoms with Crippen LogP contribution in [0.5, 0.6) is 0 Å². The first-order valence-electron chi connectivity index (χ1n) is 7.17. The number of hydrogen-bond donors (Lipinski definition) is 1. The van der Waals surface area contributed by atoms with Gasteiger partial charge in [-0.05, 0) is 38.8 Å². The number of nitrogens with zero attached hydrogens (tertiary/aromatic N) is 2. The normalized spacial score (nSPS) is 14.9. The molecule has 1 heterocycles. The molecule has 0 atom stereocenters. The van der Waals surface area contributed by atoms with E-state index in [0.29, 0.717) is 5.69 Å². The minimum absolute atomic E-state index is 0.0108. The standard InChI is InChI=1S/C15H19N3O3S/c1-11(2)22(20,21)14-7-6-12(10-13(14)16-3)17-15(19)18-8-4-5-9-18/h6-7,10-11H,4-5,8-9H2,1-2H3,(H,17,19). The average molecular weight is 321 g/mol. The van der Waals surface area contributed by atoms with Crippen molar-refractivity contribution in [2.45, 2.75) is 36.8 Å². The monoisotopic (exact) mass is 321 g/mol. The molecule has 0 aromatic heterocycles. The van der Waals surface area contributed by atoms with Crippen LogP contribution < -0.4 is 5.32 Å². The fourth-order valence-electron chi connectivity index (χ4n) is 2.30. The molecular formula is C15H19N3O3S. The summed E-state index contributed by atoms with van der Waals surface area (Å²) in [7, 11) is -3.52. The number of urea groups is 1. The fourth-order valence-corrected chi connectivity index (χ4v) is 3.46. The Morgan fingerprint density at radius 1 is 1.32 bits per heavy atom. The number of carbonyl (C=O) groups is 1. The van der Waals surface area contributed by atoms with Crippen molar-refractivity contribution in [1.82, 2.24) is 4.90 Å². The van der Waals surface area contributed by atoms with Crippen LogP contribution in [0.3, 0.4) is 0 Å². The van der Waals surface area contributed by atoms with Crippen LogP contribution in [0.25, 0.3) is 4.85 Å². The number of nitrogens with one attached hydrogen (secondary N) is 1. The number of amides is 2. The van der Waals surface area contributed by atoms with E-state index in [0.717, 1.165) is 25.9 Å². The van der Waals surface area contributed by atoms with Crippen LogP contribution in [0, 0.1) is 6.57 Å². The van der Waals surface area contributed by atoms with Gasteiger partial charge in [0, 0.05) is 18.8 Å². The highest BCUT2D eigenvalue weighted by Gasteiger charge is 2.24. The molecular weight excluding hydrogens is 302 g/mol. The number of likely N-dealkylation sites (tertiary alicyclic amines) is 1. The molecule has 2 rings (SSSR count). The Kier molecular flexibility index (Phi) is 4.71. The number of sulfone groups is 1. The highest BCUT2D eigenvalue weighted by atomic mass is 32.2. The molecule has 0 bridgehead atoms. The molecule has 1 aliphatic heterocycles. The maximum Gasteiger partial charge on any atom is 0.321 e. The molecule has 22 heavy (non-hydrogen) atoms. The summed E-state index contributed by atoms with van der Waals surface area (Å²) in [6, 6.07) is 4.11. The largest absolute Gasteiger partial charge is 0.325 e. The molecule has 0 aliphatic carbocycles. The van der Waals surface area contributed by atoms with Gasteiger partial charge in [0.05, 0.1) is 16.7 Å². The van der Waals surface area contributed by atoms with E-state index in [1.807, 2.05) is 0 Å². The van der Waals surface area contributed by atoms with Crippen molar-refractivity contribution < 1.29 is 13.2 Å². The van der Waals surface area contributed by atoms with Crippen LogP contribution in [0.15, 0.2) is 23.1 Å². The first-order chi connectivity index (χ1) is 10.4. The molecule has 1 aliphatic rings. The van der Waals surface area contributed by atoms with Gasteiger partial charge in [-0.2, -0.15) is 0 Å². The Labute approximate surface area is 130 Å². The van der Waals surface area contributed by atoms with Gasteiger partial charge in [0.25, 0.3) is 0 Å². The zero-order valence-electron chi connectivity index (χ0n) is 12.7. The summed E-state index contributed by atoms with van der Waals surface area (Å²) in [6.45, 7) is 11.8. The van der Waals surface area contributed by atoms with E-state index in [2.05, 4.69) is 10.2 Å². The van der Waals surface area contributed by atoms with E-state index in [1.54, 1.807) is 18.7 Å². The van der Waals surface area contributed by atoms with Crippen LogP contribution in [-0.2, 0) is 9.84 Å². The molecule has 1 fully saturated rings. The second-order valence-corrected chi connectivity index (χ2v) is 7.99. The lowest BCUT2D eigenvalue weighted by molar-refractivity contribution is 0.222. The van der Waals surface area contributed by atoms with Crippen molar-refractivity contribution >= 4 is 27.2 Å². The van der Waals surface area contributed by atoms with Crippen LogP contribution in [0.2, 0.25) is 0 Å². The minimum atomic E-state index is -3.52. The van der Waals surface area contributed by atoms with Gasteiger partial charge in [0.2, 0.25) is 5.69 Å². The summed E-state index contributed by atoms with van der Waals surface area (Å²) >= 11 is 0. The highest BCUT2D eigenvalue weighted by molar-refractivity contribution is 7.92. The quantitative estimate of drug-likeness (QED) is 0.870. The number of anilines is 1. The van der Waals surface area contributed by atoms with Crippen LogP contribution in [-0.4, -0.2) is 37.7 Å². The molecule has 1 aromatic carbocycles. The van der Waals surface area contributed by atoms with Crippen molar-refractivity contribution in [3.05, 3.63) is 29.6 Å². The van der Waals surface area contributed by atoms with E-state index < -0.39 is 15.1 Å². The summed E-state index contributed by atoms with van der Waals surface area (Å²) in [5.74, 6) is 0. The van der Waals surface area contributed by atoms with Gasteiger partial charge in [-0.3, -0.25) is 0 Å². The minimum Gasteiger partial charge on any atom is -0.325 e. The van der Waals surface area contributed by atoms with E-state index in [9.17, 15) is 13.2 Å². The Morgan fingerprint density at radius 2 is 1.95 bits per heavy atom. The summed E-state index contributed by atoms with van der Waals surface area (Å²) in [6.07, 6.45) is 1.98. The maximum atomic E-state index is 12.2. The van der Waals surface area contributed by atoms with Crippen molar-refractivity contribution in [3.8, 4) is 0 Å². The second kappa shape index (κ2) is 6.36. The lowest BCUT2D eigenvalue weighted by Gasteiger charge is -2.17. The Hall–Kier alpha value is -2.07. The number of hydrogen-bond acceptors (Lipinski definition) is 3. The van der Waals surface area contributed by atoms with Crippen LogP contribution in [0.1, 0.15) is 26.7 Å². The number of benzene rings is 1. The highest BCUT2D eigenvalue weighted by Crippen LogP contribution is 2.30. The molecule has 0 unspecified atom stereocenters. The molecule has 0 radical (unpaired) electrons. The predicted molar refractivity (Wildman–Crippen MR) is 84.9 cm³/mol. The molecule has 0 saturated carbocycles. The zero-order valence-corrected chi connectivity index (χ0v) is 13.5. The molecule has 7 heteroatoms. The van der Waals surface area contributed by atoms with Gasteiger partial charge in [0.15, 0.2) is 9.84 Å². The van der Waals surface area contributed by atoms with Gasteiger partial charge in [-0.25, -0.2) is 18.1 Å². The SMILES string of the molecule is [C-]#[N+]c1cc(NC(=O)N2CCCC2)ccc1S(=O)(=O)C(C)C. The summed E-state index contributed by atoms with van der Waals surface area (Å²) in [4.78, 5) is 17.0. The lowest BCUT2D eigenvalue weighted by atomic mass is 10.3. The lowest BCUT2D eigenvalue weighted by Crippen LogP contribution is -2.32. The van der Waals surface area contributed by atoms with Crippen molar-refractivity contribution in [2.24, 2.45) is 0 Å². The Balaban J connectivity index is 2.26. The molecule has 2 amide bonds. The van der Waals surface area contributed by atoms with Crippen LogP contribution >= 0.6 is 0 Å². The van der Waals surface area contributed by atoms with Gasteiger partial charge in [0.1, 0.15) is 0 Å². The van der Waals surface area contributed by atoms with Crippen molar-refractivity contribution in [1.29, 1.82) is 0 Å². The first-order valence-corrected chi connectivity index (χ1v) is 8.72. The summed E-state index contributed by atoms with van der Waals surface area (Å²) < 4.78 is 24.4. The summed E-state index contributed by atoms with van der Waals surface area (Å²) in [5, 5.41) is 2.12. The molecule has 118 valence electrons. The molecule has 0 spiro atoms. The van der Waals surface area contributed by atoms with Gasteiger partial charge in [-0.1, -0.05) is 6.07 Å².